The standard InChI is InChI=1S/C11H24N2O2S/c1-10-6-5-8-13(11(10)2)16(14,15)9-4-3-7-12/h10-11H,3-9,12H2,1-2H3. The van der Waals surface area contributed by atoms with Crippen LogP contribution in [-0.2, 0) is 10.0 Å². The molecule has 0 bridgehead atoms. The predicted molar refractivity (Wildman–Crippen MR) is 66.6 cm³/mol. The molecule has 1 saturated heterocycles. The van der Waals surface area contributed by atoms with Crippen molar-refractivity contribution in [3.8, 4) is 0 Å². The Balaban J connectivity index is 2.59. The third-order valence-electron chi connectivity index (χ3n) is 3.53. The van der Waals surface area contributed by atoms with Crippen molar-refractivity contribution in [3.05, 3.63) is 0 Å². The van der Waals surface area contributed by atoms with Gasteiger partial charge in [-0.2, -0.15) is 4.31 Å². The second-order valence-corrected chi connectivity index (χ2v) is 6.82. The third-order valence-corrected chi connectivity index (χ3v) is 5.56. The van der Waals surface area contributed by atoms with Gasteiger partial charge in [0.15, 0.2) is 0 Å². The van der Waals surface area contributed by atoms with E-state index in [0.717, 1.165) is 19.3 Å². The van der Waals surface area contributed by atoms with Gasteiger partial charge in [-0.05, 0) is 45.1 Å². The zero-order chi connectivity index (χ0) is 12.2. The first-order valence-electron chi connectivity index (χ1n) is 6.18. The van der Waals surface area contributed by atoms with Crippen molar-refractivity contribution in [1.29, 1.82) is 0 Å². The number of hydrogen-bond donors (Lipinski definition) is 1. The summed E-state index contributed by atoms with van der Waals surface area (Å²) in [5.41, 5.74) is 5.38. The molecule has 0 spiro atoms. The summed E-state index contributed by atoms with van der Waals surface area (Å²) in [6.07, 6.45) is 3.59. The maximum absolute atomic E-state index is 12.1. The van der Waals surface area contributed by atoms with Gasteiger partial charge in [0.05, 0.1) is 5.75 Å². The van der Waals surface area contributed by atoms with E-state index in [9.17, 15) is 8.42 Å². The van der Waals surface area contributed by atoms with E-state index in [4.69, 9.17) is 5.73 Å². The SMILES string of the molecule is CC1CCCN(S(=O)(=O)CCCCN)C1C. The normalized spacial score (nSPS) is 28.2. The van der Waals surface area contributed by atoms with Crippen LogP contribution in [0.5, 0.6) is 0 Å². The van der Waals surface area contributed by atoms with Crippen LogP contribution in [0.15, 0.2) is 0 Å². The minimum atomic E-state index is -3.06. The van der Waals surface area contributed by atoms with Crippen molar-refractivity contribution in [2.45, 2.75) is 45.6 Å². The Hall–Kier alpha value is -0.130. The Kier molecular flexibility index (Phi) is 5.21. The van der Waals surface area contributed by atoms with E-state index in [2.05, 4.69) is 6.92 Å². The predicted octanol–water partition coefficient (Wildman–Crippen LogP) is 1.18. The molecule has 2 N–H and O–H groups in total. The van der Waals surface area contributed by atoms with Crippen molar-refractivity contribution >= 4 is 10.0 Å². The lowest BCUT2D eigenvalue weighted by Gasteiger charge is -2.36. The van der Waals surface area contributed by atoms with Crippen molar-refractivity contribution < 1.29 is 8.42 Å². The molecule has 0 aliphatic carbocycles. The summed E-state index contributed by atoms with van der Waals surface area (Å²) in [6, 6.07) is 0.150. The highest BCUT2D eigenvalue weighted by molar-refractivity contribution is 7.89. The highest BCUT2D eigenvalue weighted by Crippen LogP contribution is 2.25. The maximum atomic E-state index is 12.1. The fraction of sp³-hybridized carbons (Fsp3) is 1.00. The summed E-state index contributed by atoms with van der Waals surface area (Å²) >= 11 is 0. The summed E-state index contributed by atoms with van der Waals surface area (Å²) < 4.78 is 25.9. The summed E-state index contributed by atoms with van der Waals surface area (Å²) in [7, 11) is -3.06. The van der Waals surface area contributed by atoms with Gasteiger partial charge < -0.3 is 5.73 Å². The van der Waals surface area contributed by atoms with Gasteiger partial charge in [-0.15, -0.1) is 0 Å². The minimum absolute atomic E-state index is 0.150. The largest absolute Gasteiger partial charge is 0.330 e. The molecule has 16 heavy (non-hydrogen) atoms. The van der Waals surface area contributed by atoms with Crippen molar-refractivity contribution in [2.24, 2.45) is 11.7 Å². The fourth-order valence-corrected chi connectivity index (χ4v) is 4.16. The van der Waals surface area contributed by atoms with Crippen LogP contribution in [0.3, 0.4) is 0 Å². The summed E-state index contributed by atoms with van der Waals surface area (Å²) in [5.74, 6) is 0.722. The lowest BCUT2D eigenvalue weighted by atomic mass is 9.94. The van der Waals surface area contributed by atoms with Crippen LogP contribution in [-0.4, -0.2) is 37.6 Å². The fourth-order valence-electron chi connectivity index (χ4n) is 2.24. The minimum Gasteiger partial charge on any atom is -0.330 e. The third kappa shape index (κ3) is 3.43. The van der Waals surface area contributed by atoms with E-state index in [1.54, 1.807) is 4.31 Å². The topological polar surface area (TPSA) is 63.4 Å². The number of nitrogens with two attached hydrogens (primary N) is 1. The van der Waals surface area contributed by atoms with Gasteiger partial charge in [-0.25, -0.2) is 8.42 Å². The number of piperidine rings is 1. The Labute approximate surface area is 99.2 Å². The molecule has 5 heteroatoms. The molecular formula is C11H24N2O2S. The molecule has 4 nitrogen and oxygen atoms in total. The zero-order valence-corrected chi connectivity index (χ0v) is 11.2. The van der Waals surface area contributed by atoms with Crippen molar-refractivity contribution in [2.75, 3.05) is 18.8 Å². The Morgan fingerprint density at radius 1 is 1.31 bits per heavy atom. The van der Waals surface area contributed by atoms with E-state index in [-0.39, 0.29) is 11.8 Å². The van der Waals surface area contributed by atoms with E-state index in [1.165, 1.54) is 0 Å². The second-order valence-electron chi connectivity index (χ2n) is 4.78. The molecule has 1 rings (SSSR count). The first-order valence-corrected chi connectivity index (χ1v) is 7.79. The van der Waals surface area contributed by atoms with Gasteiger partial charge in [0.2, 0.25) is 10.0 Å². The lowest BCUT2D eigenvalue weighted by molar-refractivity contribution is 0.202. The van der Waals surface area contributed by atoms with Gasteiger partial charge in [0.25, 0.3) is 0 Å². The zero-order valence-electron chi connectivity index (χ0n) is 10.4. The quantitative estimate of drug-likeness (QED) is 0.743. The molecule has 2 atom stereocenters. The molecule has 96 valence electrons. The van der Waals surface area contributed by atoms with Crippen LogP contribution >= 0.6 is 0 Å². The van der Waals surface area contributed by atoms with Crippen LogP contribution < -0.4 is 5.73 Å². The smallest absolute Gasteiger partial charge is 0.214 e. The van der Waals surface area contributed by atoms with Crippen molar-refractivity contribution in [3.63, 3.8) is 0 Å². The number of rotatable bonds is 5. The molecule has 0 radical (unpaired) electrons. The highest BCUT2D eigenvalue weighted by Gasteiger charge is 2.32. The molecule has 0 amide bonds. The Bertz CT molecular complexity index is 303. The monoisotopic (exact) mass is 248 g/mol. The van der Waals surface area contributed by atoms with Gasteiger partial charge in [0, 0.05) is 12.6 Å². The molecule has 1 heterocycles. The van der Waals surface area contributed by atoms with E-state index in [1.807, 2.05) is 6.92 Å². The van der Waals surface area contributed by atoms with Gasteiger partial charge in [-0.3, -0.25) is 0 Å². The van der Waals surface area contributed by atoms with Crippen LogP contribution in [0.25, 0.3) is 0 Å². The Morgan fingerprint density at radius 3 is 2.62 bits per heavy atom. The molecule has 0 aromatic rings. The first-order chi connectivity index (χ1) is 7.49. The van der Waals surface area contributed by atoms with Gasteiger partial charge in [0.1, 0.15) is 0 Å². The van der Waals surface area contributed by atoms with E-state index >= 15 is 0 Å². The average Bonchev–Trinajstić information content (AvgIpc) is 2.22. The first kappa shape index (κ1) is 13.9. The second kappa shape index (κ2) is 5.98. The van der Waals surface area contributed by atoms with Crippen molar-refractivity contribution in [1.82, 2.24) is 4.31 Å². The number of hydrogen-bond acceptors (Lipinski definition) is 3. The maximum Gasteiger partial charge on any atom is 0.214 e. The number of sulfonamides is 1. The highest BCUT2D eigenvalue weighted by atomic mass is 32.2. The van der Waals surface area contributed by atoms with Gasteiger partial charge in [-0.1, -0.05) is 6.92 Å². The molecule has 2 unspecified atom stereocenters. The van der Waals surface area contributed by atoms with Crippen LogP contribution in [0.1, 0.15) is 39.5 Å². The molecular weight excluding hydrogens is 224 g/mol. The van der Waals surface area contributed by atoms with Crippen LogP contribution in [0.4, 0.5) is 0 Å². The van der Waals surface area contributed by atoms with E-state index < -0.39 is 10.0 Å². The lowest BCUT2D eigenvalue weighted by Crippen LogP contribution is -2.46. The Morgan fingerprint density at radius 2 is 2.00 bits per heavy atom. The van der Waals surface area contributed by atoms with Crippen LogP contribution in [0.2, 0.25) is 0 Å². The molecule has 1 aliphatic rings. The number of unbranched alkanes of at least 4 members (excludes halogenated alkanes) is 1. The number of nitrogens with zero attached hydrogens (tertiary/aromatic N) is 1. The molecule has 0 aromatic carbocycles. The summed E-state index contributed by atoms with van der Waals surface area (Å²) in [4.78, 5) is 0. The molecule has 1 fully saturated rings. The van der Waals surface area contributed by atoms with Gasteiger partial charge >= 0.3 is 0 Å². The molecule has 0 saturated carbocycles. The molecule has 0 aromatic heterocycles. The van der Waals surface area contributed by atoms with E-state index in [0.29, 0.717) is 25.4 Å². The average molecular weight is 248 g/mol. The van der Waals surface area contributed by atoms with Crippen LogP contribution in [0, 0.1) is 5.92 Å². The molecule has 1 aliphatic heterocycles. The summed E-state index contributed by atoms with van der Waals surface area (Å²) in [5, 5.41) is 0. The summed E-state index contributed by atoms with van der Waals surface area (Å²) in [6.45, 7) is 5.41.